The molecule has 0 atom stereocenters. The number of rotatable bonds is 16. The van der Waals surface area contributed by atoms with Gasteiger partial charge in [0.25, 0.3) is 0 Å². The van der Waals surface area contributed by atoms with Crippen molar-refractivity contribution in [1.82, 2.24) is 0 Å². The second kappa shape index (κ2) is 25.6. The van der Waals surface area contributed by atoms with Crippen molar-refractivity contribution in [3.63, 3.8) is 0 Å². The molecule has 0 saturated carbocycles. The molecular weight excluding hydrogens is 288 g/mol. The van der Waals surface area contributed by atoms with E-state index in [0.717, 1.165) is 6.26 Å². The lowest BCUT2D eigenvalue weighted by Gasteiger charge is -2.03. The zero-order valence-electron chi connectivity index (χ0n) is 15.0. The van der Waals surface area contributed by atoms with Gasteiger partial charge in [-0.05, 0) is 17.6 Å². The second-order valence-corrected chi connectivity index (χ2v) is 6.89. The summed E-state index contributed by atoms with van der Waals surface area (Å²) >= 11 is 1.86. The van der Waals surface area contributed by atoms with Crippen molar-refractivity contribution in [2.24, 2.45) is 0 Å². The summed E-state index contributed by atoms with van der Waals surface area (Å²) in [5, 5.41) is 9.29. The molecule has 2 heteroatoms. The summed E-state index contributed by atoms with van der Waals surface area (Å²) in [6, 6.07) is 0. The predicted octanol–water partition coefficient (Wildman–Crippen LogP) is 8.03. The van der Waals surface area contributed by atoms with E-state index in [-0.39, 0.29) is 0 Å². The van der Waals surface area contributed by atoms with Crippen LogP contribution < -0.4 is 0 Å². The zero-order valence-corrected chi connectivity index (χ0v) is 15.8. The van der Waals surface area contributed by atoms with E-state index < -0.39 is 0 Å². The van der Waals surface area contributed by atoms with Gasteiger partial charge in [0.1, 0.15) is 0 Å². The van der Waals surface area contributed by atoms with Crippen molar-refractivity contribution in [2.75, 3.05) is 5.75 Å². The van der Waals surface area contributed by atoms with Gasteiger partial charge in [0.2, 0.25) is 0 Å². The van der Waals surface area contributed by atoms with Crippen LogP contribution in [0.5, 0.6) is 0 Å². The quantitative estimate of drug-likeness (QED) is 0.228. The minimum Gasteiger partial charge on any atom is -0.516 e. The Balaban J connectivity index is 0. The molecule has 1 N–H and O–H groups in total. The summed E-state index contributed by atoms with van der Waals surface area (Å²) in [5.41, 5.74) is 0. The maximum atomic E-state index is 7.33. The Morgan fingerprint density at radius 2 is 1.00 bits per heavy atom. The van der Waals surface area contributed by atoms with Crippen molar-refractivity contribution in [3.8, 4) is 0 Å². The molecule has 0 radical (unpaired) electrons. The largest absolute Gasteiger partial charge is 0.516 e. The zero-order chi connectivity index (χ0) is 16.7. The molecular formula is C20H40OS. The third-order valence-electron chi connectivity index (χ3n) is 3.73. The summed E-state index contributed by atoms with van der Waals surface area (Å²) in [6.07, 6.45) is 21.0. The molecule has 0 aromatic carbocycles. The highest BCUT2D eigenvalue weighted by atomic mass is 32.2. The van der Waals surface area contributed by atoms with Crippen LogP contribution in [0.2, 0.25) is 0 Å². The fraction of sp³-hybridized carbons (Fsp3) is 0.800. The Bertz CT molecular complexity index is 204. The Labute approximate surface area is 144 Å². The van der Waals surface area contributed by atoms with E-state index in [2.05, 4.69) is 20.1 Å². The van der Waals surface area contributed by atoms with Crippen LogP contribution in [0.25, 0.3) is 0 Å². The molecule has 0 aliphatic rings. The van der Waals surface area contributed by atoms with Gasteiger partial charge >= 0.3 is 0 Å². The molecule has 0 aliphatic carbocycles. The van der Waals surface area contributed by atoms with Crippen LogP contribution >= 0.6 is 11.8 Å². The molecule has 0 amide bonds. The monoisotopic (exact) mass is 328 g/mol. The number of aliphatic hydroxyl groups is 1. The second-order valence-electron chi connectivity index (χ2n) is 5.82. The molecule has 0 fully saturated rings. The van der Waals surface area contributed by atoms with Gasteiger partial charge in [-0.1, -0.05) is 104 Å². The normalized spacial score (nSPS) is 9.86. The number of thioether (sulfide) groups is 1. The van der Waals surface area contributed by atoms with E-state index in [1.807, 2.05) is 17.2 Å². The third-order valence-corrected chi connectivity index (χ3v) is 4.49. The highest BCUT2D eigenvalue weighted by Gasteiger charge is 1.93. The van der Waals surface area contributed by atoms with Gasteiger partial charge in [0, 0.05) is 0 Å². The van der Waals surface area contributed by atoms with Gasteiger partial charge in [-0.25, -0.2) is 0 Å². The smallest absolute Gasteiger partial charge is 0.0719 e. The molecule has 0 heterocycles. The van der Waals surface area contributed by atoms with E-state index in [1.165, 1.54) is 95.6 Å². The van der Waals surface area contributed by atoms with Crippen LogP contribution in [-0.4, -0.2) is 10.9 Å². The van der Waals surface area contributed by atoms with Gasteiger partial charge in [-0.3, -0.25) is 0 Å². The van der Waals surface area contributed by atoms with Gasteiger partial charge in [-0.2, -0.15) is 0 Å². The first-order valence-corrected chi connectivity index (χ1v) is 10.4. The van der Waals surface area contributed by atoms with Crippen molar-refractivity contribution < 1.29 is 5.11 Å². The molecule has 0 saturated heterocycles. The van der Waals surface area contributed by atoms with Crippen molar-refractivity contribution >= 4 is 11.8 Å². The lowest BCUT2D eigenvalue weighted by molar-refractivity contribution is 0.476. The molecule has 0 aliphatic heterocycles. The molecule has 22 heavy (non-hydrogen) atoms. The van der Waals surface area contributed by atoms with Crippen molar-refractivity contribution in [2.45, 2.75) is 96.8 Å². The Kier molecular flexibility index (Phi) is 27.8. The lowest BCUT2D eigenvalue weighted by atomic mass is 10.0. The third kappa shape index (κ3) is 27.9. The summed E-state index contributed by atoms with van der Waals surface area (Å²) in [4.78, 5) is 0. The van der Waals surface area contributed by atoms with E-state index in [1.54, 1.807) is 0 Å². The van der Waals surface area contributed by atoms with Gasteiger partial charge in [0.15, 0.2) is 0 Å². The first kappa shape index (κ1) is 23.9. The number of hydrogen-bond acceptors (Lipinski definition) is 2. The molecule has 132 valence electrons. The molecule has 0 bridgehead atoms. The van der Waals surface area contributed by atoms with Crippen LogP contribution in [0.3, 0.4) is 0 Å². The molecule has 0 unspecified atom stereocenters. The van der Waals surface area contributed by atoms with Crippen LogP contribution in [0.15, 0.2) is 24.8 Å². The van der Waals surface area contributed by atoms with Crippen LogP contribution in [0.1, 0.15) is 96.8 Å². The fourth-order valence-corrected chi connectivity index (χ4v) is 3.00. The van der Waals surface area contributed by atoms with Crippen LogP contribution in [0.4, 0.5) is 0 Å². The summed E-state index contributed by atoms with van der Waals surface area (Å²) in [7, 11) is 0. The SMILES string of the molecule is C=CO.C=CSCCCCCCCCCCCCCCCC. The van der Waals surface area contributed by atoms with Gasteiger partial charge in [0.05, 0.1) is 6.26 Å². The average Bonchev–Trinajstić information content (AvgIpc) is 2.52. The molecule has 0 aromatic rings. The van der Waals surface area contributed by atoms with Crippen LogP contribution in [-0.2, 0) is 0 Å². The lowest BCUT2D eigenvalue weighted by Crippen LogP contribution is -1.83. The van der Waals surface area contributed by atoms with E-state index in [0.29, 0.717) is 0 Å². The predicted molar refractivity (Wildman–Crippen MR) is 106 cm³/mol. The minimum atomic E-state index is 0.750. The topological polar surface area (TPSA) is 20.2 Å². The van der Waals surface area contributed by atoms with Gasteiger partial charge in [-0.15, -0.1) is 11.8 Å². The summed E-state index contributed by atoms with van der Waals surface area (Å²) < 4.78 is 0. The Morgan fingerprint density at radius 3 is 1.32 bits per heavy atom. The summed E-state index contributed by atoms with van der Waals surface area (Å²) in [6.45, 7) is 8.93. The highest BCUT2D eigenvalue weighted by Crippen LogP contribution is 2.13. The Hall–Kier alpha value is -0.370. The Morgan fingerprint density at radius 1 is 0.682 bits per heavy atom. The molecule has 1 nitrogen and oxygen atoms in total. The number of unbranched alkanes of at least 4 members (excludes halogenated alkanes) is 13. The minimum absolute atomic E-state index is 0.750. The molecule has 0 rings (SSSR count). The average molecular weight is 329 g/mol. The van der Waals surface area contributed by atoms with Crippen molar-refractivity contribution in [3.05, 3.63) is 24.8 Å². The van der Waals surface area contributed by atoms with E-state index >= 15 is 0 Å². The van der Waals surface area contributed by atoms with Crippen molar-refractivity contribution in [1.29, 1.82) is 0 Å². The number of aliphatic hydroxyl groups excluding tert-OH is 1. The first-order valence-electron chi connectivity index (χ1n) is 9.31. The maximum Gasteiger partial charge on any atom is 0.0719 e. The van der Waals surface area contributed by atoms with E-state index in [4.69, 9.17) is 5.11 Å². The highest BCUT2D eigenvalue weighted by molar-refractivity contribution is 8.02. The van der Waals surface area contributed by atoms with E-state index in [9.17, 15) is 0 Å². The standard InChI is InChI=1S/C18H36S.C2H4O/c1-3-5-6-7-8-9-10-11-12-13-14-15-16-17-18-19-4-2;1-2-3/h4H,2-3,5-18H2,1H3;2-3H,1H2. The maximum absolute atomic E-state index is 7.33. The first-order chi connectivity index (χ1) is 10.8. The van der Waals surface area contributed by atoms with Crippen LogP contribution in [0, 0.1) is 0 Å². The summed E-state index contributed by atoms with van der Waals surface area (Å²) in [5.74, 6) is 1.27. The molecule has 0 spiro atoms. The van der Waals surface area contributed by atoms with Gasteiger partial charge < -0.3 is 5.11 Å². The number of hydrogen-bond donors (Lipinski definition) is 1. The fourth-order valence-electron chi connectivity index (χ4n) is 2.46. The molecule has 0 aromatic heterocycles.